The van der Waals surface area contributed by atoms with Gasteiger partial charge in [0.1, 0.15) is 0 Å². The summed E-state index contributed by atoms with van der Waals surface area (Å²) in [5.74, 6) is -0.152. The first-order valence-corrected chi connectivity index (χ1v) is 11.6. The quantitative estimate of drug-likeness (QED) is 0.651. The molecule has 0 radical (unpaired) electrons. The van der Waals surface area contributed by atoms with Crippen molar-refractivity contribution in [2.24, 2.45) is 0 Å². The van der Waals surface area contributed by atoms with Crippen LogP contribution in [0.5, 0.6) is 0 Å². The van der Waals surface area contributed by atoms with E-state index < -0.39 is 9.84 Å². The topological polar surface area (TPSA) is 60.9 Å². The van der Waals surface area contributed by atoms with Gasteiger partial charge in [-0.05, 0) is 58.2 Å². The fourth-order valence-electron chi connectivity index (χ4n) is 3.47. The van der Waals surface area contributed by atoms with E-state index in [1.54, 1.807) is 6.07 Å². The molecule has 1 fully saturated rings. The van der Waals surface area contributed by atoms with Gasteiger partial charge in [-0.25, -0.2) is 8.42 Å². The molecule has 0 N–H and O–H groups in total. The first-order chi connectivity index (χ1) is 12.6. The largest absolute Gasteiger partial charge is 0.336 e. The van der Waals surface area contributed by atoms with Crippen LogP contribution in [0.3, 0.4) is 0 Å². The van der Waals surface area contributed by atoms with Crippen molar-refractivity contribution in [3.63, 3.8) is 0 Å². The van der Waals surface area contributed by atoms with E-state index in [-0.39, 0.29) is 15.8 Å². The summed E-state index contributed by atoms with van der Waals surface area (Å²) in [5, 5.41) is 0.141. The number of likely N-dealkylation sites (N-methyl/N-ethyl adjacent to an activating group) is 2. The summed E-state index contributed by atoms with van der Waals surface area (Å²) < 4.78 is 23.9. The fourth-order valence-corrected chi connectivity index (χ4v) is 4.77. The lowest BCUT2D eigenvalue weighted by Gasteiger charge is -2.31. The minimum atomic E-state index is -3.50. The zero-order chi connectivity index (χ0) is 20.2. The minimum absolute atomic E-state index is 0.00127. The monoisotopic (exact) mass is 415 g/mol. The SMILES string of the molecule is CCN1CCCC1CN(CCN(C)C)C(=O)c1ccc(Cl)c(S(C)(=O)=O)c1. The van der Waals surface area contributed by atoms with Crippen molar-refractivity contribution in [3.05, 3.63) is 28.8 Å². The Balaban J connectivity index is 2.27. The second-order valence-corrected chi connectivity index (χ2v) is 9.79. The molecule has 1 aliphatic heterocycles. The van der Waals surface area contributed by atoms with E-state index in [1.165, 1.54) is 12.1 Å². The number of amides is 1. The predicted molar refractivity (Wildman–Crippen MR) is 109 cm³/mol. The lowest BCUT2D eigenvalue weighted by molar-refractivity contribution is 0.0694. The van der Waals surface area contributed by atoms with Gasteiger partial charge in [-0.3, -0.25) is 9.69 Å². The van der Waals surface area contributed by atoms with Crippen LogP contribution in [0.2, 0.25) is 5.02 Å². The summed E-state index contributed by atoms with van der Waals surface area (Å²) in [6, 6.07) is 4.84. The number of rotatable bonds is 8. The van der Waals surface area contributed by atoms with Crippen LogP contribution in [0.1, 0.15) is 30.1 Å². The second kappa shape index (κ2) is 9.37. The number of hydrogen-bond donors (Lipinski definition) is 0. The standard InChI is InChI=1S/C19H30ClN3O3S/c1-5-22-10-6-7-16(22)14-23(12-11-21(2)3)19(24)15-8-9-17(20)18(13-15)27(4,25)26/h8-9,13,16H,5-7,10-12,14H2,1-4H3. The molecular formula is C19H30ClN3O3S. The Hall–Kier alpha value is -1.15. The molecule has 1 saturated heterocycles. The molecule has 27 heavy (non-hydrogen) atoms. The molecule has 1 aliphatic rings. The summed E-state index contributed by atoms with van der Waals surface area (Å²) in [4.78, 5) is 19.5. The molecule has 152 valence electrons. The molecule has 8 heteroatoms. The molecule has 0 aromatic heterocycles. The Morgan fingerprint density at radius 3 is 2.59 bits per heavy atom. The van der Waals surface area contributed by atoms with Gasteiger partial charge in [0.25, 0.3) is 5.91 Å². The smallest absolute Gasteiger partial charge is 0.253 e. The van der Waals surface area contributed by atoms with Gasteiger partial charge in [-0.15, -0.1) is 0 Å². The summed E-state index contributed by atoms with van der Waals surface area (Å²) in [6.45, 7) is 6.17. The maximum atomic E-state index is 13.2. The number of carbonyl (C=O) groups excluding carboxylic acids is 1. The van der Waals surface area contributed by atoms with Crippen LogP contribution < -0.4 is 0 Å². The average Bonchev–Trinajstić information content (AvgIpc) is 3.04. The number of sulfone groups is 1. The van der Waals surface area contributed by atoms with Crippen molar-refractivity contribution in [1.29, 1.82) is 0 Å². The van der Waals surface area contributed by atoms with Crippen molar-refractivity contribution >= 4 is 27.3 Å². The summed E-state index contributed by atoms with van der Waals surface area (Å²) in [7, 11) is 0.450. The highest BCUT2D eigenvalue weighted by Gasteiger charge is 2.28. The summed E-state index contributed by atoms with van der Waals surface area (Å²) >= 11 is 6.03. The third-order valence-electron chi connectivity index (χ3n) is 5.02. The maximum Gasteiger partial charge on any atom is 0.253 e. The molecule has 0 aliphatic carbocycles. The highest BCUT2D eigenvalue weighted by Crippen LogP contribution is 2.24. The lowest BCUT2D eigenvalue weighted by Crippen LogP contribution is -2.45. The van der Waals surface area contributed by atoms with Gasteiger partial charge in [-0.2, -0.15) is 0 Å². The summed E-state index contributed by atoms with van der Waals surface area (Å²) in [6.07, 6.45) is 3.33. The molecule has 0 bridgehead atoms. The second-order valence-electron chi connectivity index (χ2n) is 7.40. The Morgan fingerprint density at radius 1 is 1.30 bits per heavy atom. The third-order valence-corrected chi connectivity index (χ3v) is 6.60. The van der Waals surface area contributed by atoms with E-state index in [0.717, 1.165) is 38.7 Å². The van der Waals surface area contributed by atoms with E-state index in [0.29, 0.717) is 24.7 Å². The zero-order valence-electron chi connectivity index (χ0n) is 16.6. The van der Waals surface area contributed by atoms with E-state index in [4.69, 9.17) is 11.6 Å². The van der Waals surface area contributed by atoms with E-state index >= 15 is 0 Å². The first-order valence-electron chi connectivity index (χ1n) is 9.31. The van der Waals surface area contributed by atoms with Crippen molar-refractivity contribution < 1.29 is 13.2 Å². The lowest BCUT2D eigenvalue weighted by atomic mass is 10.1. The van der Waals surface area contributed by atoms with Gasteiger partial charge in [-0.1, -0.05) is 18.5 Å². The number of carbonyl (C=O) groups is 1. The molecule has 1 heterocycles. The molecule has 2 rings (SSSR count). The Morgan fingerprint density at radius 2 is 2.00 bits per heavy atom. The van der Waals surface area contributed by atoms with Crippen molar-refractivity contribution in [2.45, 2.75) is 30.7 Å². The van der Waals surface area contributed by atoms with Gasteiger partial charge >= 0.3 is 0 Å². The van der Waals surface area contributed by atoms with Crippen LogP contribution in [-0.4, -0.2) is 88.1 Å². The highest BCUT2D eigenvalue weighted by molar-refractivity contribution is 7.90. The molecule has 1 unspecified atom stereocenters. The molecule has 0 saturated carbocycles. The van der Waals surface area contributed by atoms with Crippen LogP contribution in [0.15, 0.2) is 23.1 Å². The predicted octanol–water partition coefficient (Wildman–Crippen LogP) is 2.23. The zero-order valence-corrected chi connectivity index (χ0v) is 18.2. The van der Waals surface area contributed by atoms with E-state index in [2.05, 4.69) is 11.8 Å². The molecule has 1 aromatic rings. The molecule has 1 amide bonds. The molecule has 0 spiro atoms. The Labute approximate surface area is 168 Å². The highest BCUT2D eigenvalue weighted by atomic mass is 35.5. The van der Waals surface area contributed by atoms with Crippen molar-refractivity contribution in [2.75, 3.05) is 53.1 Å². The van der Waals surface area contributed by atoms with Gasteiger partial charge < -0.3 is 9.80 Å². The number of nitrogens with zero attached hydrogens (tertiary/aromatic N) is 3. The number of likely N-dealkylation sites (tertiary alicyclic amines) is 1. The number of halogens is 1. The van der Waals surface area contributed by atoms with Crippen molar-refractivity contribution in [1.82, 2.24) is 14.7 Å². The number of hydrogen-bond acceptors (Lipinski definition) is 5. The Kier molecular flexibility index (Phi) is 7.68. The minimum Gasteiger partial charge on any atom is -0.336 e. The van der Waals surface area contributed by atoms with Gasteiger partial charge in [0.05, 0.1) is 9.92 Å². The first kappa shape index (κ1) is 22.1. The molecular weight excluding hydrogens is 386 g/mol. The average molecular weight is 416 g/mol. The normalized spacial score (nSPS) is 18.2. The van der Waals surface area contributed by atoms with Gasteiger partial charge in [0.15, 0.2) is 9.84 Å². The number of benzene rings is 1. The fraction of sp³-hybridized carbons (Fsp3) is 0.632. The van der Waals surface area contributed by atoms with Gasteiger partial charge in [0, 0.05) is 37.5 Å². The van der Waals surface area contributed by atoms with Crippen LogP contribution in [0.25, 0.3) is 0 Å². The van der Waals surface area contributed by atoms with Crippen LogP contribution in [0.4, 0.5) is 0 Å². The van der Waals surface area contributed by atoms with E-state index in [9.17, 15) is 13.2 Å². The molecule has 1 atom stereocenters. The van der Waals surface area contributed by atoms with Crippen molar-refractivity contribution in [3.8, 4) is 0 Å². The molecule has 1 aromatic carbocycles. The third kappa shape index (κ3) is 5.91. The van der Waals surface area contributed by atoms with Crippen LogP contribution in [-0.2, 0) is 9.84 Å². The van der Waals surface area contributed by atoms with Crippen LogP contribution in [0, 0.1) is 0 Å². The van der Waals surface area contributed by atoms with Gasteiger partial charge in [0.2, 0.25) is 0 Å². The Bertz CT molecular complexity index is 767. The molecule has 6 nitrogen and oxygen atoms in total. The van der Waals surface area contributed by atoms with E-state index in [1.807, 2.05) is 23.9 Å². The van der Waals surface area contributed by atoms with Crippen LogP contribution >= 0.6 is 11.6 Å². The maximum absolute atomic E-state index is 13.2. The summed E-state index contributed by atoms with van der Waals surface area (Å²) in [5.41, 5.74) is 0.361.